The van der Waals surface area contributed by atoms with Crippen molar-refractivity contribution in [3.05, 3.63) is 34.9 Å². The van der Waals surface area contributed by atoms with Crippen LogP contribution in [0.25, 0.3) is 0 Å². The van der Waals surface area contributed by atoms with Gasteiger partial charge in [-0.25, -0.2) is 17.6 Å². The molecule has 0 N–H and O–H groups in total. The summed E-state index contributed by atoms with van der Waals surface area (Å²) in [5, 5.41) is 0. The van der Waals surface area contributed by atoms with E-state index in [1.165, 1.54) is 32.1 Å². The molecule has 1 atom stereocenters. The molecule has 1 rings (SSSR count). The van der Waals surface area contributed by atoms with E-state index >= 15 is 0 Å². The Kier molecular flexibility index (Phi) is 11.9. The Hall–Kier alpha value is -1.10. The maximum atomic E-state index is 13.9. The molecule has 0 bridgehead atoms. The number of hydrogen-bond acceptors (Lipinski definition) is 1. The Morgan fingerprint density at radius 3 is 1.97 bits per heavy atom. The van der Waals surface area contributed by atoms with Gasteiger partial charge in [-0.15, -0.1) is 0 Å². The summed E-state index contributed by atoms with van der Waals surface area (Å²) in [7, 11) is 1.74. The van der Waals surface area contributed by atoms with Crippen LogP contribution in [0.15, 0.2) is 6.07 Å². The summed E-state index contributed by atoms with van der Waals surface area (Å²) in [5.74, 6) is -5.79. The number of aryl methyl sites for hydroxylation is 1. The highest BCUT2D eigenvalue weighted by Gasteiger charge is 2.34. The molecule has 0 radical (unpaired) electrons. The van der Waals surface area contributed by atoms with Crippen LogP contribution in [0.3, 0.4) is 0 Å². The zero-order chi connectivity index (χ0) is 21.9. The molecule has 1 aromatic rings. The normalized spacial score (nSPS) is 13.1. The molecule has 5 heteroatoms. The zero-order valence-electron chi connectivity index (χ0n) is 18.6. The van der Waals surface area contributed by atoms with Crippen molar-refractivity contribution in [3.63, 3.8) is 0 Å². The molecular weight excluding hydrogens is 380 g/mol. The first-order valence-electron chi connectivity index (χ1n) is 11.2. The minimum atomic E-state index is -1.75. The maximum absolute atomic E-state index is 13.9. The van der Waals surface area contributed by atoms with Crippen molar-refractivity contribution in [2.45, 2.75) is 103 Å². The molecule has 0 amide bonds. The van der Waals surface area contributed by atoms with Crippen LogP contribution in [0.2, 0.25) is 0 Å². The van der Waals surface area contributed by atoms with E-state index in [0.717, 1.165) is 38.2 Å². The highest BCUT2D eigenvalue weighted by molar-refractivity contribution is 5.22. The summed E-state index contributed by atoms with van der Waals surface area (Å²) in [6.07, 6.45) is 11.6. The van der Waals surface area contributed by atoms with E-state index in [2.05, 4.69) is 20.8 Å². The Labute approximate surface area is 174 Å². The van der Waals surface area contributed by atoms with Gasteiger partial charge in [-0.2, -0.15) is 0 Å². The first-order valence-corrected chi connectivity index (χ1v) is 11.2. The second kappa shape index (κ2) is 13.3. The molecule has 0 aliphatic rings. The van der Waals surface area contributed by atoms with Gasteiger partial charge in [0.1, 0.15) is 0 Å². The van der Waals surface area contributed by atoms with Gasteiger partial charge >= 0.3 is 0 Å². The van der Waals surface area contributed by atoms with Gasteiger partial charge in [0.25, 0.3) is 0 Å². The minimum absolute atomic E-state index is 0.101. The highest BCUT2D eigenvalue weighted by Crippen LogP contribution is 2.36. The topological polar surface area (TPSA) is 9.23 Å². The summed E-state index contributed by atoms with van der Waals surface area (Å²) in [4.78, 5) is 0. The van der Waals surface area contributed by atoms with Crippen LogP contribution in [0.4, 0.5) is 17.6 Å². The van der Waals surface area contributed by atoms with Gasteiger partial charge in [0, 0.05) is 7.11 Å². The Balaban J connectivity index is 2.74. The lowest BCUT2D eigenvalue weighted by Crippen LogP contribution is -2.39. The van der Waals surface area contributed by atoms with Gasteiger partial charge in [-0.05, 0) is 56.1 Å². The molecule has 0 aromatic heterocycles. The van der Waals surface area contributed by atoms with E-state index in [-0.39, 0.29) is 17.6 Å². The lowest BCUT2D eigenvalue weighted by atomic mass is 9.76. The Bertz CT molecular complexity index is 591. The molecule has 0 aliphatic carbocycles. The number of methoxy groups -OCH3 is 1. The number of benzene rings is 1. The predicted octanol–water partition coefficient (Wildman–Crippen LogP) is 8.14. The molecule has 168 valence electrons. The van der Waals surface area contributed by atoms with Crippen molar-refractivity contribution >= 4 is 0 Å². The fraction of sp³-hybridized carbons (Fsp3) is 0.750. The van der Waals surface area contributed by atoms with Crippen LogP contribution in [-0.2, 0) is 11.2 Å². The average Bonchev–Trinajstić information content (AvgIpc) is 2.73. The largest absolute Gasteiger partial charge is 0.378 e. The molecule has 29 heavy (non-hydrogen) atoms. The Morgan fingerprint density at radius 1 is 0.793 bits per heavy atom. The van der Waals surface area contributed by atoms with E-state index in [1.54, 1.807) is 7.11 Å². The average molecular weight is 419 g/mol. The van der Waals surface area contributed by atoms with Crippen LogP contribution in [-0.4, -0.2) is 12.7 Å². The first kappa shape index (κ1) is 25.9. The number of ether oxygens (including phenoxy) is 1. The van der Waals surface area contributed by atoms with Crippen molar-refractivity contribution < 1.29 is 22.3 Å². The third-order valence-corrected chi connectivity index (χ3v) is 6.43. The van der Waals surface area contributed by atoms with Gasteiger partial charge in [-0.1, -0.05) is 59.3 Å². The Morgan fingerprint density at radius 2 is 1.38 bits per heavy atom. The monoisotopic (exact) mass is 418 g/mol. The van der Waals surface area contributed by atoms with Gasteiger partial charge in [-0.3, -0.25) is 0 Å². The number of halogens is 4. The quantitative estimate of drug-likeness (QED) is 0.121. The second-order valence-corrected chi connectivity index (χ2v) is 8.08. The summed E-state index contributed by atoms with van der Waals surface area (Å²) in [6.45, 7) is 6.43. The molecular formula is C24H38F4O. The summed E-state index contributed by atoms with van der Waals surface area (Å²) in [6, 6.07) is 0.777. The molecule has 1 unspecified atom stereocenters. The summed E-state index contributed by atoms with van der Waals surface area (Å²) in [5.41, 5.74) is -0.336. The van der Waals surface area contributed by atoms with Crippen LogP contribution in [0, 0.1) is 29.2 Å². The number of unbranched alkanes of at least 4 members (excludes halogenated alkanes) is 5. The van der Waals surface area contributed by atoms with Crippen LogP contribution in [0.1, 0.15) is 97.0 Å². The molecule has 0 saturated heterocycles. The van der Waals surface area contributed by atoms with Crippen molar-refractivity contribution in [1.82, 2.24) is 0 Å². The standard InChI is InChI=1S/C24H38F4O/c1-5-8-9-10-11-12-15-19(24(6-2,7-3)29-4)16-13-14-18-17-20(25)22(27)23(28)21(18)26/h17,19H,5-16H2,1-4H3. The SMILES string of the molecule is CCCCCCCCC(CCCc1cc(F)c(F)c(F)c1F)C(CC)(CC)OC. The molecule has 1 aromatic carbocycles. The fourth-order valence-electron chi connectivity index (χ4n) is 4.47. The second-order valence-electron chi connectivity index (χ2n) is 8.08. The summed E-state index contributed by atoms with van der Waals surface area (Å²) >= 11 is 0. The highest BCUT2D eigenvalue weighted by atomic mass is 19.2. The third kappa shape index (κ3) is 7.27. The molecule has 0 spiro atoms. The van der Waals surface area contributed by atoms with Crippen molar-refractivity contribution in [1.29, 1.82) is 0 Å². The van der Waals surface area contributed by atoms with Crippen LogP contribution in [0.5, 0.6) is 0 Å². The van der Waals surface area contributed by atoms with E-state index in [4.69, 9.17) is 4.74 Å². The van der Waals surface area contributed by atoms with Crippen LogP contribution < -0.4 is 0 Å². The molecule has 1 nitrogen and oxygen atoms in total. The van der Waals surface area contributed by atoms with Crippen molar-refractivity contribution in [2.24, 2.45) is 5.92 Å². The van der Waals surface area contributed by atoms with Crippen LogP contribution >= 0.6 is 0 Å². The van der Waals surface area contributed by atoms with Gasteiger partial charge in [0.2, 0.25) is 0 Å². The number of rotatable bonds is 15. The van der Waals surface area contributed by atoms with E-state index in [0.29, 0.717) is 12.3 Å². The third-order valence-electron chi connectivity index (χ3n) is 6.43. The van der Waals surface area contributed by atoms with Gasteiger partial charge in [0.05, 0.1) is 5.60 Å². The summed E-state index contributed by atoms with van der Waals surface area (Å²) < 4.78 is 60.0. The lowest BCUT2D eigenvalue weighted by Gasteiger charge is -2.39. The molecule has 0 saturated carbocycles. The van der Waals surface area contributed by atoms with E-state index in [1.807, 2.05) is 0 Å². The lowest BCUT2D eigenvalue weighted by molar-refractivity contribution is -0.0710. The van der Waals surface area contributed by atoms with Crippen molar-refractivity contribution in [2.75, 3.05) is 7.11 Å². The first-order chi connectivity index (χ1) is 13.9. The minimum Gasteiger partial charge on any atom is -0.378 e. The maximum Gasteiger partial charge on any atom is 0.197 e. The fourth-order valence-corrected chi connectivity index (χ4v) is 4.47. The van der Waals surface area contributed by atoms with E-state index < -0.39 is 23.3 Å². The number of hydrogen-bond donors (Lipinski definition) is 0. The van der Waals surface area contributed by atoms with E-state index in [9.17, 15) is 17.6 Å². The smallest absolute Gasteiger partial charge is 0.197 e. The predicted molar refractivity (Wildman–Crippen MR) is 111 cm³/mol. The van der Waals surface area contributed by atoms with Gasteiger partial charge < -0.3 is 4.74 Å². The molecule has 0 fully saturated rings. The zero-order valence-corrected chi connectivity index (χ0v) is 18.6. The van der Waals surface area contributed by atoms with Crippen molar-refractivity contribution in [3.8, 4) is 0 Å². The van der Waals surface area contributed by atoms with Gasteiger partial charge in [0.15, 0.2) is 23.3 Å². The molecule has 0 aliphatic heterocycles. The molecule has 0 heterocycles.